The van der Waals surface area contributed by atoms with Gasteiger partial charge in [0.15, 0.2) is 0 Å². The number of aromatic nitrogens is 2. The molecule has 0 spiro atoms. The van der Waals surface area contributed by atoms with Crippen LogP contribution in [-0.4, -0.2) is 48.0 Å². The van der Waals surface area contributed by atoms with Crippen LogP contribution in [0.3, 0.4) is 0 Å². The molecule has 5 rings (SSSR count). The summed E-state index contributed by atoms with van der Waals surface area (Å²) >= 11 is 1.72. The lowest BCUT2D eigenvalue weighted by atomic mass is 9.87. The number of hydrogen-bond acceptors (Lipinski definition) is 6. The maximum absolute atomic E-state index is 12.5. The quantitative estimate of drug-likeness (QED) is 0.617. The average molecular weight is 450 g/mol. The Kier molecular flexibility index (Phi) is 5.53. The Morgan fingerprint density at radius 2 is 1.91 bits per heavy atom. The van der Waals surface area contributed by atoms with Gasteiger partial charge in [-0.05, 0) is 74.8 Å². The molecule has 3 aromatic rings. The molecule has 1 atom stereocenters. The number of aryl methyl sites for hydroxylation is 3. The molecule has 1 unspecified atom stereocenters. The molecular weight excluding hydrogens is 418 g/mol. The van der Waals surface area contributed by atoms with E-state index in [1.807, 2.05) is 14.1 Å². The first-order valence-electron chi connectivity index (χ1n) is 11.5. The molecular formula is C25H31N5OS. The zero-order valence-electron chi connectivity index (χ0n) is 19.4. The summed E-state index contributed by atoms with van der Waals surface area (Å²) in [6.45, 7) is 6.55. The van der Waals surface area contributed by atoms with E-state index >= 15 is 0 Å². The maximum atomic E-state index is 12.5. The number of carbonyl (C=O) groups excluding carboxylic acids is 1. The Bertz CT molecular complexity index is 1180. The van der Waals surface area contributed by atoms with Crippen LogP contribution >= 0.6 is 11.3 Å². The van der Waals surface area contributed by atoms with Crippen molar-refractivity contribution in [3.63, 3.8) is 0 Å². The van der Waals surface area contributed by atoms with E-state index in [4.69, 9.17) is 0 Å². The van der Waals surface area contributed by atoms with Gasteiger partial charge in [0.25, 0.3) is 0 Å². The first-order valence-corrected chi connectivity index (χ1v) is 12.3. The fourth-order valence-electron chi connectivity index (χ4n) is 5.03. The molecule has 1 N–H and O–H groups in total. The standard InChI is InChI=1S/C25H31N5OS/c1-15-11-19(20(12-16(15)2)30-9-5-6-10-30)28-23-22-18-8-7-17(25(31)29(3)4)13-21(18)32-24(22)27-14-26-23/h11-12,14,17H,5-10,13H2,1-4H3,(H,26,27,28). The number of carbonyl (C=O) groups is 1. The van der Waals surface area contributed by atoms with Gasteiger partial charge in [0.05, 0.1) is 16.8 Å². The number of hydrogen-bond donors (Lipinski definition) is 1. The normalized spacial score (nSPS) is 18.1. The topological polar surface area (TPSA) is 61.4 Å². The number of rotatable bonds is 4. The highest BCUT2D eigenvalue weighted by atomic mass is 32.1. The second-order valence-electron chi connectivity index (χ2n) is 9.35. The summed E-state index contributed by atoms with van der Waals surface area (Å²) in [4.78, 5) is 28.3. The van der Waals surface area contributed by atoms with E-state index in [1.165, 1.54) is 40.1 Å². The summed E-state index contributed by atoms with van der Waals surface area (Å²) in [6, 6.07) is 4.56. The fraction of sp³-hybridized carbons (Fsp3) is 0.480. The first-order chi connectivity index (χ1) is 15.4. The molecule has 1 aliphatic carbocycles. The van der Waals surface area contributed by atoms with Gasteiger partial charge in [-0.15, -0.1) is 11.3 Å². The zero-order chi connectivity index (χ0) is 22.4. The summed E-state index contributed by atoms with van der Waals surface area (Å²) < 4.78 is 0. The van der Waals surface area contributed by atoms with Crippen LogP contribution in [0, 0.1) is 19.8 Å². The van der Waals surface area contributed by atoms with Crippen LogP contribution in [0.15, 0.2) is 18.5 Å². The number of nitrogens with one attached hydrogen (secondary N) is 1. The SMILES string of the molecule is Cc1cc(Nc2ncnc3sc4c(c23)CCC(C(=O)N(C)C)C4)c(N2CCCC2)cc1C. The Hall–Kier alpha value is -2.67. The molecule has 1 aromatic carbocycles. The molecule has 32 heavy (non-hydrogen) atoms. The molecule has 6 nitrogen and oxygen atoms in total. The third-order valence-electron chi connectivity index (χ3n) is 6.95. The Morgan fingerprint density at radius 3 is 2.66 bits per heavy atom. The largest absolute Gasteiger partial charge is 0.370 e. The maximum Gasteiger partial charge on any atom is 0.225 e. The average Bonchev–Trinajstić information content (AvgIpc) is 3.43. The second kappa shape index (κ2) is 8.35. The number of nitrogens with zero attached hydrogens (tertiary/aromatic N) is 4. The fourth-order valence-corrected chi connectivity index (χ4v) is 6.30. The Morgan fingerprint density at radius 1 is 1.16 bits per heavy atom. The summed E-state index contributed by atoms with van der Waals surface area (Å²) in [6.07, 6.45) is 6.73. The van der Waals surface area contributed by atoms with Crippen molar-refractivity contribution in [3.05, 3.63) is 40.0 Å². The Balaban J connectivity index is 1.53. The number of fused-ring (bicyclic) bond motifs is 3. The van der Waals surface area contributed by atoms with Gasteiger partial charge in [0.2, 0.25) is 5.91 Å². The van der Waals surface area contributed by atoms with Crippen LogP contribution in [-0.2, 0) is 17.6 Å². The van der Waals surface area contributed by atoms with Crippen molar-refractivity contribution in [1.82, 2.24) is 14.9 Å². The number of benzene rings is 1. The predicted molar refractivity (Wildman–Crippen MR) is 132 cm³/mol. The molecule has 0 bridgehead atoms. The van der Waals surface area contributed by atoms with Gasteiger partial charge in [-0.25, -0.2) is 9.97 Å². The van der Waals surface area contributed by atoms with Crippen LogP contribution < -0.4 is 10.2 Å². The second-order valence-corrected chi connectivity index (χ2v) is 10.4. The number of anilines is 3. The monoisotopic (exact) mass is 449 g/mol. The van der Waals surface area contributed by atoms with E-state index in [2.05, 4.69) is 46.2 Å². The third-order valence-corrected chi connectivity index (χ3v) is 8.11. The molecule has 2 aliphatic rings. The molecule has 1 amide bonds. The van der Waals surface area contributed by atoms with Crippen molar-refractivity contribution in [2.24, 2.45) is 5.92 Å². The van der Waals surface area contributed by atoms with Gasteiger partial charge >= 0.3 is 0 Å². The minimum atomic E-state index is 0.0662. The first kappa shape index (κ1) is 21.2. The highest BCUT2D eigenvalue weighted by molar-refractivity contribution is 7.19. The van der Waals surface area contributed by atoms with Crippen molar-refractivity contribution in [2.75, 3.05) is 37.4 Å². The van der Waals surface area contributed by atoms with Gasteiger partial charge in [-0.1, -0.05) is 0 Å². The lowest BCUT2D eigenvalue weighted by Crippen LogP contribution is -2.32. The van der Waals surface area contributed by atoms with E-state index in [0.717, 1.165) is 54.1 Å². The minimum absolute atomic E-state index is 0.0662. The molecule has 1 fully saturated rings. The predicted octanol–water partition coefficient (Wildman–Crippen LogP) is 4.85. The lowest BCUT2D eigenvalue weighted by Gasteiger charge is -2.25. The third kappa shape index (κ3) is 3.72. The van der Waals surface area contributed by atoms with E-state index in [0.29, 0.717) is 0 Å². The van der Waals surface area contributed by atoms with E-state index in [1.54, 1.807) is 22.6 Å². The van der Waals surface area contributed by atoms with E-state index in [9.17, 15) is 4.79 Å². The smallest absolute Gasteiger partial charge is 0.225 e. The molecule has 168 valence electrons. The van der Waals surface area contributed by atoms with Gasteiger partial charge in [0.1, 0.15) is 17.0 Å². The van der Waals surface area contributed by atoms with Gasteiger partial charge in [-0.2, -0.15) is 0 Å². The summed E-state index contributed by atoms with van der Waals surface area (Å²) in [5.41, 5.74) is 6.29. The van der Waals surface area contributed by atoms with E-state index in [-0.39, 0.29) is 11.8 Å². The molecule has 3 heterocycles. The van der Waals surface area contributed by atoms with Crippen LogP contribution in [0.1, 0.15) is 40.8 Å². The highest BCUT2D eigenvalue weighted by Gasteiger charge is 2.30. The Labute approximate surface area is 193 Å². The van der Waals surface area contributed by atoms with Crippen molar-refractivity contribution in [2.45, 2.75) is 46.0 Å². The van der Waals surface area contributed by atoms with Crippen molar-refractivity contribution in [3.8, 4) is 0 Å². The van der Waals surface area contributed by atoms with Crippen LogP contribution in [0.5, 0.6) is 0 Å². The summed E-state index contributed by atoms with van der Waals surface area (Å²) in [5, 5.41) is 4.82. The van der Waals surface area contributed by atoms with Crippen LogP contribution in [0.2, 0.25) is 0 Å². The van der Waals surface area contributed by atoms with E-state index < -0.39 is 0 Å². The van der Waals surface area contributed by atoms with Crippen molar-refractivity contribution >= 4 is 44.7 Å². The molecule has 0 radical (unpaired) electrons. The van der Waals surface area contributed by atoms with Gasteiger partial charge < -0.3 is 15.1 Å². The number of thiophene rings is 1. The summed E-state index contributed by atoms with van der Waals surface area (Å²) in [5.74, 6) is 1.17. The highest BCUT2D eigenvalue weighted by Crippen LogP contribution is 2.42. The van der Waals surface area contributed by atoms with Crippen molar-refractivity contribution in [1.29, 1.82) is 0 Å². The lowest BCUT2D eigenvalue weighted by molar-refractivity contribution is -0.133. The molecule has 7 heteroatoms. The van der Waals surface area contributed by atoms with Gasteiger partial charge in [0, 0.05) is 38.0 Å². The zero-order valence-corrected chi connectivity index (χ0v) is 20.2. The molecule has 0 saturated carbocycles. The van der Waals surface area contributed by atoms with Crippen LogP contribution in [0.4, 0.5) is 17.2 Å². The van der Waals surface area contributed by atoms with Crippen LogP contribution in [0.25, 0.3) is 10.2 Å². The van der Waals surface area contributed by atoms with Gasteiger partial charge in [-0.3, -0.25) is 4.79 Å². The number of amides is 1. The summed E-state index contributed by atoms with van der Waals surface area (Å²) in [7, 11) is 3.69. The minimum Gasteiger partial charge on any atom is -0.370 e. The molecule has 2 aromatic heterocycles. The van der Waals surface area contributed by atoms with Crippen molar-refractivity contribution < 1.29 is 4.79 Å². The molecule has 1 saturated heterocycles. The molecule has 1 aliphatic heterocycles.